The van der Waals surface area contributed by atoms with E-state index in [1.54, 1.807) is 10.9 Å². The van der Waals surface area contributed by atoms with Gasteiger partial charge in [0, 0.05) is 31.9 Å². The molecule has 3 N–H and O–H groups in total. The summed E-state index contributed by atoms with van der Waals surface area (Å²) in [5.74, 6) is 0. The Morgan fingerprint density at radius 3 is 2.56 bits per heavy atom. The quantitative estimate of drug-likeness (QED) is 0.676. The predicted octanol–water partition coefficient (Wildman–Crippen LogP) is 1.45. The van der Waals surface area contributed by atoms with Gasteiger partial charge in [0.2, 0.25) is 0 Å². The molecule has 0 saturated heterocycles. The van der Waals surface area contributed by atoms with Gasteiger partial charge in [-0.05, 0) is 26.1 Å². The SMILES string of the molecule is CN(C)C(CNC(=O)NCCC(O)c1ccccc1)c1cnn(C)c1. The third-order valence-corrected chi connectivity index (χ3v) is 4.08. The molecule has 1 aromatic carbocycles. The van der Waals surface area contributed by atoms with Crippen LogP contribution in [0.3, 0.4) is 0 Å². The zero-order chi connectivity index (χ0) is 18.2. The summed E-state index contributed by atoms with van der Waals surface area (Å²) in [5, 5.41) is 19.9. The molecule has 0 radical (unpaired) electrons. The normalized spacial score (nSPS) is 13.5. The first-order valence-electron chi connectivity index (χ1n) is 8.37. The molecule has 0 aliphatic rings. The van der Waals surface area contributed by atoms with Crippen LogP contribution in [0.5, 0.6) is 0 Å². The van der Waals surface area contributed by atoms with E-state index < -0.39 is 6.10 Å². The van der Waals surface area contributed by atoms with Crippen molar-refractivity contribution in [3.63, 3.8) is 0 Å². The Balaban J connectivity index is 1.74. The summed E-state index contributed by atoms with van der Waals surface area (Å²) in [7, 11) is 5.80. The molecule has 1 heterocycles. The molecule has 2 amide bonds. The molecule has 7 heteroatoms. The molecule has 136 valence electrons. The number of aliphatic hydroxyl groups is 1. The highest BCUT2D eigenvalue weighted by Gasteiger charge is 2.17. The molecule has 2 aromatic rings. The highest BCUT2D eigenvalue weighted by molar-refractivity contribution is 5.73. The van der Waals surface area contributed by atoms with Crippen LogP contribution < -0.4 is 10.6 Å². The van der Waals surface area contributed by atoms with Crippen molar-refractivity contribution in [3.05, 3.63) is 53.9 Å². The number of aryl methyl sites for hydroxylation is 1. The summed E-state index contributed by atoms with van der Waals surface area (Å²) in [6.45, 7) is 0.882. The Labute approximate surface area is 148 Å². The lowest BCUT2D eigenvalue weighted by Gasteiger charge is -2.23. The zero-order valence-corrected chi connectivity index (χ0v) is 15.0. The van der Waals surface area contributed by atoms with Gasteiger partial charge in [0.1, 0.15) is 0 Å². The van der Waals surface area contributed by atoms with Gasteiger partial charge in [0.25, 0.3) is 0 Å². The second-order valence-corrected chi connectivity index (χ2v) is 6.28. The van der Waals surface area contributed by atoms with E-state index in [1.165, 1.54) is 0 Å². The number of aliphatic hydroxyl groups excluding tert-OH is 1. The predicted molar refractivity (Wildman–Crippen MR) is 97.1 cm³/mol. The molecule has 0 spiro atoms. The fourth-order valence-corrected chi connectivity index (χ4v) is 2.63. The number of carbonyl (C=O) groups is 1. The van der Waals surface area contributed by atoms with E-state index in [-0.39, 0.29) is 12.1 Å². The van der Waals surface area contributed by atoms with Crippen molar-refractivity contribution in [3.8, 4) is 0 Å². The molecule has 1 aromatic heterocycles. The first kappa shape index (κ1) is 19.0. The molecule has 2 atom stereocenters. The number of likely N-dealkylation sites (N-methyl/N-ethyl adjacent to an activating group) is 1. The average Bonchev–Trinajstić information content (AvgIpc) is 3.01. The van der Waals surface area contributed by atoms with E-state index in [1.807, 2.05) is 62.6 Å². The van der Waals surface area contributed by atoms with Crippen LogP contribution in [0.25, 0.3) is 0 Å². The minimum Gasteiger partial charge on any atom is -0.388 e. The molecule has 0 aliphatic carbocycles. The zero-order valence-electron chi connectivity index (χ0n) is 15.0. The van der Waals surface area contributed by atoms with Crippen LogP contribution in [0.2, 0.25) is 0 Å². The molecule has 25 heavy (non-hydrogen) atoms. The highest BCUT2D eigenvalue weighted by Crippen LogP contribution is 2.16. The topological polar surface area (TPSA) is 82.4 Å². The Kier molecular flexibility index (Phi) is 6.97. The molecule has 0 fully saturated rings. The maximum atomic E-state index is 12.0. The number of aromatic nitrogens is 2. The first-order chi connectivity index (χ1) is 12.0. The number of nitrogens with one attached hydrogen (secondary N) is 2. The molecule has 0 saturated carbocycles. The van der Waals surface area contributed by atoms with Gasteiger partial charge in [-0.3, -0.25) is 4.68 Å². The van der Waals surface area contributed by atoms with Crippen molar-refractivity contribution < 1.29 is 9.90 Å². The van der Waals surface area contributed by atoms with Crippen molar-refractivity contribution in [1.29, 1.82) is 0 Å². The minimum atomic E-state index is -0.577. The lowest BCUT2D eigenvalue weighted by atomic mass is 10.1. The Morgan fingerprint density at radius 2 is 1.96 bits per heavy atom. The third-order valence-electron chi connectivity index (χ3n) is 4.08. The summed E-state index contributed by atoms with van der Waals surface area (Å²) >= 11 is 0. The van der Waals surface area contributed by atoms with Gasteiger partial charge in [0.05, 0.1) is 18.3 Å². The van der Waals surface area contributed by atoms with E-state index in [9.17, 15) is 9.90 Å². The fraction of sp³-hybridized carbons (Fsp3) is 0.444. The number of carbonyl (C=O) groups excluding carboxylic acids is 1. The first-order valence-corrected chi connectivity index (χ1v) is 8.37. The molecular formula is C18H27N5O2. The molecule has 2 rings (SSSR count). The van der Waals surface area contributed by atoms with Gasteiger partial charge in [-0.15, -0.1) is 0 Å². The number of urea groups is 1. The summed E-state index contributed by atoms with van der Waals surface area (Å²) in [4.78, 5) is 14.0. The smallest absolute Gasteiger partial charge is 0.314 e. The van der Waals surface area contributed by atoms with Crippen molar-refractivity contribution in [2.75, 3.05) is 27.2 Å². The van der Waals surface area contributed by atoms with E-state index in [0.29, 0.717) is 19.5 Å². The van der Waals surface area contributed by atoms with Crippen LogP contribution in [-0.2, 0) is 7.05 Å². The van der Waals surface area contributed by atoms with Crippen molar-refractivity contribution in [1.82, 2.24) is 25.3 Å². The molecule has 0 aliphatic heterocycles. The molecular weight excluding hydrogens is 318 g/mol. The van der Waals surface area contributed by atoms with Crippen molar-refractivity contribution in [2.45, 2.75) is 18.6 Å². The Morgan fingerprint density at radius 1 is 1.24 bits per heavy atom. The lowest BCUT2D eigenvalue weighted by Crippen LogP contribution is -2.41. The maximum absolute atomic E-state index is 12.0. The summed E-state index contributed by atoms with van der Waals surface area (Å²) in [5.41, 5.74) is 1.90. The number of rotatable bonds is 8. The monoisotopic (exact) mass is 345 g/mol. The molecule has 2 unspecified atom stereocenters. The number of amides is 2. The fourth-order valence-electron chi connectivity index (χ4n) is 2.63. The largest absolute Gasteiger partial charge is 0.388 e. The lowest BCUT2D eigenvalue weighted by molar-refractivity contribution is 0.166. The number of nitrogens with zero attached hydrogens (tertiary/aromatic N) is 3. The van der Waals surface area contributed by atoms with Crippen LogP contribution >= 0.6 is 0 Å². The van der Waals surface area contributed by atoms with Gasteiger partial charge >= 0.3 is 6.03 Å². The van der Waals surface area contributed by atoms with E-state index in [2.05, 4.69) is 15.7 Å². The van der Waals surface area contributed by atoms with Gasteiger partial charge in [0.15, 0.2) is 0 Å². The van der Waals surface area contributed by atoms with E-state index in [0.717, 1.165) is 11.1 Å². The molecule has 7 nitrogen and oxygen atoms in total. The maximum Gasteiger partial charge on any atom is 0.314 e. The number of benzene rings is 1. The van der Waals surface area contributed by atoms with Gasteiger partial charge in [-0.2, -0.15) is 5.10 Å². The van der Waals surface area contributed by atoms with Crippen LogP contribution in [0.15, 0.2) is 42.7 Å². The third kappa shape index (κ3) is 5.88. The van der Waals surface area contributed by atoms with Crippen molar-refractivity contribution in [2.24, 2.45) is 7.05 Å². The van der Waals surface area contributed by atoms with Gasteiger partial charge in [-0.1, -0.05) is 30.3 Å². The van der Waals surface area contributed by atoms with Crippen LogP contribution in [0.1, 0.15) is 29.7 Å². The molecule has 0 bridgehead atoms. The van der Waals surface area contributed by atoms with Crippen LogP contribution in [-0.4, -0.2) is 53.0 Å². The Bertz CT molecular complexity index is 656. The summed E-state index contributed by atoms with van der Waals surface area (Å²) in [6.07, 6.45) is 3.64. The minimum absolute atomic E-state index is 0.0503. The van der Waals surface area contributed by atoms with E-state index in [4.69, 9.17) is 0 Å². The number of hydrogen-bond donors (Lipinski definition) is 3. The van der Waals surface area contributed by atoms with Crippen LogP contribution in [0, 0.1) is 0 Å². The summed E-state index contributed by atoms with van der Waals surface area (Å²) < 4.78 is 1.75. The van der Waals surface area contributed by atoms with Gasteiger partial charge < -0.3 is 20.6 Å². The van der Waals surface area contributed by atoms with E-state index >= 15 is 0 Å². The standard InChI is InChI=1S/C18H27N5O2/c1-22(2)16(15-11-21-23(3)13-15)12-20-18(25)19-10-9-17(24)14-7-5-4-6-8-14/h4-8,11,13,16-17,24H,9-10,12H2,1-3H3,(H2,19,20,25). The highest BCUT2D eigenvalue weighted by atomic mass is 16.3. The van der Waals surface area contributed by atoms with Gasteiger partial charge in [-0.25, -0.2) is 4.79 Å². The second kappa shape index (κ2) is 9.19. The Hall–Kier alpha value is -2.38. The average molecular weight is 345 g/mol. The second-order valence-electron chi connectivity index (χ2n) is 6.28. The number of hydrogen-bond acceptors (Lipinski definition) is 4. The van der Waals surface area contributed by atoms with Crippen LogP contribution in [0.4, 0.5) is 4.79 Å². The van der Waals surface area contributed by atoms with Crippen molar-refractivity contribution >= 4 is 6.03 Å². The summed E-state index contributed by atoms with van der Waals surface area (Å²) in [6, 6.07) is 9.24.